The van der Waals surface area contributed by atoms with Crippen molar-refractivity contribution in [1.29, 1.82) is 0 Å². The topological polar surface area (TPSA) is 40.1 Å². The third kappa shape index (κ3) is 5.29. The second-order valence-electron chi connectivity index (χ2n) is 5.67. The van der Waals surface area contributed by atoms with Crippen molar-refractivity contribution in [3.05, 3.63) is 20.8 Å². The van der Waals surface area contributed by atoms with Crippen molar-refractivity contribution in [3.63, 3.8) is 0 Å². The smallest absolute Gasteiger partial charge is 0.193 e. The Morgan fingerprint density at radius 3 is 2.87 bits per heavy atom. The van der Waals surface area contributed by atoms with Crippen LogP contribution in [-0.2, 0) is 11.3 Å². The van der Waals surface area contributed by atoms with Crippen LogP contribution in [0.1, 0.15) is 11.3 Å². The molecule has 0 saturated carbocycles. The zero-order chi connectivity index (χ0) is 15.4. The summed E-state index contributed by atoms with van der Waals surface area (Å²) in [7, 11) is 1.87. The minimum Gasteiger partial charge on any atom is -0.379 e. The number of halogens is 2. The quantitative estimate of drug-likeness (QED) is 0.382. The summed E-state index contributed by atoms with van der Waals surface area (Å²) in [5, 5.41) is 5.60. The maximum absolute atomic E-state index is 5.45. The molecule has 2 saturated heterocycles. The summed E-state index contributed by atoms with van der Waals surface area (Å²) in [5.74, 6) is 1.01. The molecule has 130 valence electrons. The van der Waals surface area contributed by atoms with Gasteiger partial charge in [-0.15, -0.1) is 35.3 Å². The SMILES string of the molecule is CN=C(NCc1cc(Br)cs1)N1CCC(N2CCOCC2)C1.I. The van der Waals surface area contributed by atoms with Gasteiger partial charge in [0.05, 0.1) is 19.8 Å². The highest BCUT2D eigenvalue weighted by Crippen LogP contribution is 2.20. The molecular weight excluding hydrogens is 491 g/mol. The van der Waals surface area contributed by atoms with E-state index in [2.05, 4.69) is 47.5 Å². The lowest BCUT2D eigenvalue weighted by molar-refractivity contribution is 0.0195. The van der Waals surface area contributed by atoms with Crippen molar-refractivity contribution in [2.45, 2.75) is 19.0 Å². The van der Waals surface area contributed by atoms with E-state index < -0.39 is 0 Å². The maximum Gasteiger partial charge on any atom is 0.193 e. The number of aliphatic imine (C=N–C) groups is 1. The molecule has 8 heteroatoms. The van der Waals surface area contributed by atoms with Gasteiger partial charge in [-0.2, -0.15) is 0 Å². The van der Waals surface area contributed by atoms with Crippen molar-refractivity contribution in [1.82, 2.24) is 15.1 Å². The normalized spacial score (nSPS) is 23.0. The molecule has 1 aromatic heterocycles. The lowest BCUT2D eigenvalue weighted by Gasteiger charge is -2.32. The average Bonchev–Trinajstić information content (AvgIpc) is 3.18. The second kappa shape index (κ2) is 9.55. The minimum absolute atomic E-state index is 0. The molecule has 23 heavy (non-hydrogen) atoms. The van der Waals surface area contributed by atoms with E-state index in [1.165, 1.54) is 11.3 Å². The first kappa shape index (κ1) is 19.4. The highest BCUT2D eigenvalue weighted by molar-refractivity contribution is 14.0. The summed E-state index contributed by atoms with van der Waals surface area (Å²) in [6.07, 6.45) is 1.21. The molecule has 1 N–H and O–H groups in total. The van der Waals surface area contributed by atoms with Gasteiger partial charge in [0.15, 0.2) is 5.96 Å². The Bertz CT molecular complexity index is 521. The van der Waals surface area contributed by atoms with Crippen LogP contribution in [0.15, 0.2) is 20.9 Å². The summed E-state index contributed by atoms with van der Waals surface area (Å²) in [4.78, 5) is 10.7. The average molecular weight is 515 g/mol. The molecule has 1 unspecified atom stereocenters. The molecule has 2 aliphatic rings. The molecule has 2 aliphatic heterocycles. The van der Waals surface area contributed by atoms with Gasteiger partial charge in [-0.1, -0.05) is 0 Å². The summed E-state index contributed by atoms with van der Waals surface area (Å²) in [6.45, 7) is 6.85. The molecule has 0 aromatic carbocycles. The second-order valence-corrected chi connectivity index (χ2v) is 7.58. The Balaban J connectivity index is 0.00000192. The van der Waals surface area contributed by atoms with E-state index in [4.69, 9.17) is 4.74 Å². The van der Waals surface area contributed by atoms with Crippen molar-refractivity contribution in [2.75, 3.05) is 46.4 Å². The lowest BCUT2D eigenvalue weighted by Crippen LogP contribution is -2.46. The third-order valence-electron chi connectivity index (χ3n) is 4.28. The molecule has 0 aliphatic carbocycles. The number of morpholine rings is 1. The van der Waals surface area contributed by atoms with Crippen molar-refractivity contribution < 1.29 is 4.74 Å². The molecule has 3 heterocycles. The van der Waals surface area contributed by atoms with Gasteiger partial charge in [-0.3, -0.25) is 9.89 Å². The highest BCUT2D eigenvalue weighted by atomic mass is 127. The number of hydrogen-bond acceptors (Lipinski definition) is 4. The molecule has 3 rings (SSSR count). The minimum atomic E-state index is 0. The maximum atomic E-state index is 5.45. The fourth-order valence-electron chi connectivity index (χ4n) is 3.12. The molecule has 1 atom stereocenters. The van der Waals surface area contributed by atoms with Crippen molar-refractivity contribution in [3.8, 4) is 0 Å². The van der Waals surface area contributed by atoms with Gasteiger partial charge in [0, 0.05) is 54.0 Å². The van der Waals surface area contributed by atoms with Crippen LogP contribution in [0.5, 0.6) is 0 Å². The van der Waals surface area contributed by atoms with Gasteiger partial charge >= 0.3 is 0 Å². The van der Waals surface area contributed by atoms with Gasteiger partial charge < -0.3 is 15.0 Å². The standard InChI is InChI=1S/C15H23BrN4OS.HI/c1-17-15(18-9-14-8-12(16)11-22-14)20-3-2-13(10-20)19-4-6-21-7-5-19;/h8,11,13H,2-7,9-10H2,1H3,(H,17,18);1H. The molecular formula is C15H24BrIN4OS. The summed E-state index contributed by atoms with van der Waals surface area (Å²) >= 11 is 5.26. The van der Waals surface area contributed by atoms with Crippen LogP contribution in [-0.4, -0.2) is 68.2 Å². The van der Waals surface area contributed by atoms with Crippen LogP contribution >= 0.6 is 51.2 Å². The molecule has 0 spiro atoms. The van der Waals surface area contributed by atoms with E-state index in [1.54, 1.807) is 11.3 Å². The summed E-state index contributed by atoms with van der Waals surface area (Å²) in [5.41, 5.74) is 0. The Hall–Kier alpha value is 0.1000. The number of thiophene rings is 1. The number of guanidine groups is 1. The van der Waals surface area contributed by atoms with Crippen LogP contribution in [0.2, 0.25) is 0 Å². The predicted octanol–water partition coefficient (Wildman–Crippen LogP) is 2.61. The lowest BCUT2D eigenvalue weighted by atomic mass is 10.2. The first-order chi connectivity index (χ1) is 10.8. The number of likely N-dealkylation sites (tertiary alicyclic amines) is 1. The molecule has 0 amide bonds. The van der Waals surface area contributed by atoms with Crippen LogP contribution < -0.4 is 5.32 Å². The Kier molecular flexibility index (Phi) is 8.06. The zero-order valence-corrected chi connectivity index (χ0v) is 18.1. The first-order valence-corrected chi connectivity index (χ1v) is 9.44. The van der Waals surface area contributed by atoms with Gasteiger partial charge in [-0.05, 0) is 28.4 Å². The van der Waals surface area contributed by atoms with Gasteiger partial charge in [0.2, 0.25) is 0 Å². The van der Waals surface area contributed by atoms with E-state index in [0.717, 1.165) is 56.4 Å². The van der Waals surface area contributed by atoms with Crippen LogP contribution in [0.4, 0.5) is 0 Å². The molecule has 0 bridgehead atoms. The Labute approximate surface area is 167 Å². The Morgan fingerprint density at radius 2 is 2.22 bits per heavy atom. The van der Waals surface area contributed by atoms with Crippen LogP contribution in [0, 0.1) is 0 Å². The predicted molar refractivity (Wildman–Crippen MR) is 110 cm³/mol. The van der Waals surface area contributed by atoms with E-state index in [1.807, 2.05) is 7.05 Å². The summed E-state index contributed by atoms with van der Waals surface area (Å²) < 4.78 is 6.60. The first-order valence-electron chi connectivity index (χ1n) is 7.76. The van der Waals surface area contributed by atoms with Gasteiger partial charge in [0.1, 0.15) is 0 Å². The van der Waals surface area contributed by atoms with E-state index in [0.29, 0.717) is 6.04 Å². The fourth-order valence-corrected chi connectivity index (χ4v) is 4.51. The van der Waals surface area contributed by atoms with E-state index in [9.17, 15) is 0 Å². The number of ether oxygens (including phenoxy) is 1. The third-order valence-corrected chi connectivity index (χ3v) is 5.98. The zero-order valence-electron chi connectivity index (χ0n) is 13.3. The molecule has 1 aromatic rings. The molecule has 5 nitrogen and oxygen atoms in total. The van der Waals surface area contributed by atoms with Crippen LogP contribution in [0.3, 0.4) is 0 Å². The number of nitrogens with zero attached hydrogens (tertiary/aromatic N) is 3. The number of rotatable bonds is 3. The molecule has 0 radical (unpaired) electrons. The number of hydrogen-bond donors (Lipinski definition) is 1. The van der Waals surface area contributed by atoms with Crippen LogP contribution in [0.25, 0.3) is 0 Å². The van der Waals surface area contributed by atoms with Crippen molar-refractivity contribution in [2.24, 2.45) is 4.99 Å². The Morgan fingerprint density at radius 1 is 1.43 bits per heavy atom. The largest absolute Gasteiger partial charge is 0.379 e. The number of nitrogens with one attached hydrogen (secondary N) is 1. The molecule has 2 fully saturated rings. The van der Waals surface area contributed by atoms with Crippen molar-refractivity contribution >= 4 is 57.2 Å². The van der Waals surface area contributed by atoms with Gasteiger partial charge in [0.25, 0.3) is 0 Å². The van der Waals surface area contributed by atoms with E-state index >= 15 is 0 Å². The highest BCUT2D eigenvalue weighted by Gasteiger charge is 2.30. The summed E-state index contributed by atoms with van der Waals surface area (Å²) in [6, 6.07) is 2.80. The van der Waals surface area contributed by atoms with E-state index in [-0.39, 0.29) is 24.0 Å². The van der Waals surface area contributed by atoms with Gasteiger partial charge in [-0.25, -0.2) is 0 Å². The monoisotopic (exact) mass is 514 g/mol. The fraction of sp³-hybridized carbons (Fsp3) is 0.667.